The molecule has 0 spiro atoms. The van der Waals surface area contributed by atoms with E-state index in [0.717, 1.165) is 22.4 Å². The van der Waals surface area contributed by atoms with Crippen LogP contribution < -0.4 is 15.8 Å². The van der Waals surface area contributed by atoms with Crippen LogP contribution in [0.5, 0.6) is 5.75 Å². The monoisotopic (exact) mass is 340 g/mol. The number of carbonyl (C=O) groups excluding carboxylic acids is 1. The summed E-state index contributed by atoms with van der Waals surface area (Å²) in [5.41, 5.74) is 8.62. The molecule has 0 saturated carbocycles. The van der Waals surface area contributed by atoms with E-state index in [9.17, 15) is 4.79 Å². The Morgan fingerprint density at radius 2 is 1.88 bits per heavy atom. The van der Waals surface area contributed by atoms with Crippen LogP contribution in [0, 0.1) is 0 Å². The highest BCUT2D eigenvalue weighted by Gasteiger charge is 2.35. The van der Waals surface area contributed by atoms with Gasteiger partial charge in [-0.05, 0) is 41.7 Å². The fourth-order valence-corrected chi connectivity index (χ4v) is 2.94. The van der Waals surface area contributed by atoms with Gasteiger partial charge in [-0.3, -0.25) is 4.79 Å². The van der Waals surface area contributed by atoms with Gasteiger partial charge in [0, 0.05) is 19.8 Å². The average Bonchev–Trinajstić information content (AvgIpc) is 2.67. The Morgan fingerprint density at radius 3 is 2.56 bits per heavy atom. The van der Waals surface area contributed by atoms with Crippen molar-refractivity contribution in [1.82, 2.24) is 5.32 Å². The van der Waals surface area contributed by atoms with Gasteiger partial charge >= 0.3 is 0 Å². The van der Waals surface area contributed by atoms with Crippen LogP contribution in [0.1, 0.15) is 18.4 Å². The molecule has 1 saturated heterocycles. The number of hydrogen-bond acceptors (Lipinski definition) is 4. The molecule has 1 aliphatic rings. The third-order valence-electron chi connectivity index (χ3n) is 4.65. The van der Waals surface area contributed by atoms with Gasteiger partial charge in [0.15, 0.2) is 0 Å². The van der Waals surface area contributed by atoms with Gasteiger partial charge in [0.2, 0.25) is 5.91 Å². The fourth-order valence-electron chi connectivity index (χ4n) is 2.94. The average molecular weight is 340 g/mol. The first-order chi connectivity index (χ1) is 12.1. The maximum Gasteiger partial charge on any atom is 0.240 e. The highest BCUT2D eigenvalue weighted by Crippen LogP contribution is 2.24. The predicted octanol–water partition coefficient (Wildman–Crippen LogP) is 2.49. The number of rotatable bonds is 5. The molecule has 3 N–H and O–H groups in total. The standard InChI is InChI=1S/C20H24N2O3/c1-24-18-4-2-3-17(13-18)16-7-5-15(6-8-16)14-22-19(23)20(21)9-11-25-12-10-20/h2-8,13H,9-12,14,21H2,1H3,(H,22,23). The summed E-state index contributed by atoms with van der Waals surface area (Å²) in [6.45, 7) is 1.55. The normalized spacial score (nSPS) is 16.2. The largest absolute Gasteiger partial charge is 0.497 e. The van der Waals surface area contributed by atoms with Crippen LogP contribution in [0.15, 0.2) is 48.5 Å². The number of benzene rings is 2. The van der Waals surface area contributed by atoms with Crippen molar-refractivity contribution in [3.05, 3.63) is 54.1 Å². The summed E-state index contributed by atoms with van der Waals surface area (Å²) < 4.78 is 10.5. The van der Waals surface area contributed by atoms with Crippen molar-refractivity contribution in [2.75, 3.05) is 20.3 Å². The Balaban J connectivity index is 1.61. The molecule has 132 valence electrons. The third kappa shape index (κ3) is 4.18. The number of nitrogens with two attached hydrogens (primary N) is 1. The molecule has 1 fully saturated rings. The lowest BCUT2D eigenvalue weighted by atomic mass is 9.90. The number of carbonyl (C=O) groups is 1. The van der Waals surface area contributed by atoms with E-state index < -0.39 is 5.54 Å². The SMILES string of the molecule is COc1cccc(-c2ccc(CNC(=O)C3(N)CCOCC3)cc2)c1. The second kappa shape index (κ2) is 7.68. The lowest BCUT2D eigenvalue weighted by molar-refractivity contribution is -0.129. The van der Waals surface area contributed by atoms with E-state index in [1.807, 2.05) is 48.5 Å². The lowest BCUT2D eigenvalue weighted by Crippen LogP contribution is -2.56. The molecule has 0 aromatic heterocycles. The molecule has 0 radical (unpaired) electrons. The number of amides is 1. The van der Waals surface area contributed by atoms with E-state index in [-0.39, 0.29) is 5.91 Å². The van der Waals surface area contributed by atoms with E-state index >= 15 is 0 Å². The topological polar surface area (TPSA) is 73.6 Å². The van der Waals surface area contributed by atoms with Gasteiger partial charge in [-0.25, -0.2) is 0 Å². The van der Waals surface area contributed by atoms with Gasteiger partial charge in [-0.1, -0.05) is 36.4 Å². The molecular weight excluding hydrogens is 316 g/mol. The van der Waals surface area contributed by atoms with Gasteiger partial charge in [-0.15, -0.1) is 0 Å². The second-order valence-electron chi connectivity index (χ2n) is 6.38. The number of ether oxygens (including phenoxy) is 2. The van der Waals surface area contributed by atoms with E-state index in [0.29, 0.717) is 32.6 Å². The molecule has 0 unspecified atom stereocenters. The maximum atomic E-state index is 12.3. The van der Waals surface area contributed by atoms with Crippen LogP contribution in [0.25, 0.3) is 11.1 Å². The summed E-state index contributed by atoms with van der Waals surface area (Å²) >= 11 is 0. The van der Waals surface area contributed by atoms with Crippen molar-refractivity contribution >= 4 is 5.91 Å². The zero-order valence-corrected chi connectivity index (χ0v) is 14.5. The van der Waals surface area contributed by atoms with Crippen molar-refractivity contribution in [3.63, 3.8) is 0 Å². The molecule has 1 amide bonds. The van der Waals surface area contributed by atoms with Crippen molar-refractivity contribution in [1.29, 1.82) is 0 Å². The van der Waals surface area contributed by atoms with Gasteiger partial charge in [0.1, 0.15) is 5.75 Å². The van der Waals surface area contributed by atoms with Crippen molar-refractivity contribution in [2.45, 2.75) is 24.9 Å². The van der Waals surface area contributed by atoms with E-state index in [4.69, 9.17) is 15.2 Å². The molecule has 1 aliphatic heterocycles. The minimum Gasteiger partial charge on any atom is -0.497 e. The molecule has 0 atom stereocenters. The summed E-state index contributed by atoms with van der Waals surface area (Å²) in [6, 6.07) is 16.1. The van der Waals surface area contributed by atoms with Crippen LogP contribution in [0.3, 0.4) is 0 Å². The molecule has 0 aliphatic carbocycles. The molecule has 1 heterocycles. The maximum absolute atomic E-state index is 12.3. The summed E-state index contributed by atoms with van der Waals surface area (Å²) in [5, 5.41) is 2.95. The zero-order chi connectivity index (χ0) is 17.7. The Morgan fingerprint density at radius 1 is 1.16 bits per heavy atom. The minimum atomic E-state index is -0.807. The van der Waals surface area contributed by atoms with Crippen LogP contribution in [-0.4, -0.2) is 31.8 Å². The van der Waals surface area contributed by atoms with Gasteiger partial charge < -0.3 is 20.5 Å². The van der Waals surface area contributed by atoms with Gasteiger partial charge in [0.25, 0.3) is 0 Å². The fraction of sp³-hybridized carbons (Fsp3) is 0.350. The molecule has 2 aromatic carbocycles. The van der Waals surface area contributed by atoms with Crippen LogP contribution in [0.2, 0.25) is 0 Å². The highest BCUT2D eigenvalue weighted by atomic mass is 16.5. The molecule has 5 heteroatoms. The summed E-state index contributed by atoms with van der Waals surface area (Å²) in [7, 11) is 1.66. The Kier molecular flexibility index (Phi) is 5.36. The quantitative estimate of drug-likeness (QED) is 0.877. The predicted molar refractivity (Wildman–Crippen MR) is 97.2 cm³/mol. The van der Waals surface area contributed by atoms with E-state index in [2.05, 4.69) is 5.32 Å². The molecule has 2 aromatic rings. The first-order valence-corrected chi connectivity index (χ1v) is 8.49. The first-order valence-electron chi connectivity index (χ1n) is 8.49. The molecule has 0 bridgehead atoms. The van der Waals surface area contributed by atoms with Crippen LogP contribution in [-0.2, 0) is 16.1 Å². The number of methoxy groups -OCH3 is 1. The summed E-state index contributed by atoms with van der Waals surface area (Å²) in [5.74, 6) is 0.728. The van der Waals surface area contributed by atoms with Crippen molar-refractivity contribution < 1.29 is 14.3 Å². The Labute approximate surface area is 148 Å². The molecule has 5 nitrogen and oxygen atoms in total. The summed E-state index contributed by atoms with van der Waals surface area (Å²) in [4.78, 5) is 12.3. The minimum absolute atomic E-state index is 0.104. The molecular formula is C20H24N2O3. The van der Waals surface area contributed by atoms with Gasteiger partial charge in [0.05, 0.1) is 12.6 Å². The van der Waals surface area contributed by atoms with Crippen LogP contribution >= 0.6 is 0 Å². The Hall–Kier alpha value is -2.37. The third-order valence-corrected chi connectivity index (χ3v) is 4.65. The second-order valence-corrected chi connectivity index (χ2v) is 6.38. The van der Waals surface area contributed by atoms with Crippen molar-refractivity contribution in [2.24, 2.45) is 5.73 Å². The first kappa shape index (κ1) is 17.5. The lowest BCUT2D eigenvalue weighted by Gasteiger charge is -2.31. The van der Waals surface area contributed by atoms with Crippen molar-refractivity contribution in [3.8, 4) is 16.9 Å². The summed E-state index contributed by atoms with van der Waals surface area (Å²) in [6.07, 6.45) is 1.13. The molecule has 25 heavy (non-hydrogen) atoms. The Bertz CT molecular complexity index is 722. The molecule has 3 rings (SSSR count). The number of hydrogen-bond donors (Lipinski definition) is 2. The highest BCUT2D eigenvalue weighted by molar-refractivity contribution is 5.86. The van der Waals surface area contributed by atoms with Crippen LogP contribution in [0.4, 0.5) is 0 Å². The smallest absolute Gasteiger partial charge is 0.240 e. The van der Waals surface area contributed by atoms with E-state index in [1.165, 1.54) is 0 Å². The number of nitrogens with one attached hydrogen (secondary N) is 1. The zero-order valence-electron chi connectivity index (χ0n) is 14.5. The van der Waals surface area contributed by atoms with Gasteiger partial charge in [-0.2, -0.15) is 0 Å². The van der Waals surface area contributed by atoms with E-state index in [1.54, 1.807) is 7.11 Å².